The minimum absolute atomic E-state index is 0.0515. The molecule has 0 unspecified atom stereocenters. The van der Waals surface area contributed by atoms with Crippen LogP contribution in [0.3, 0.4) is 0 Å². The van der Waals surface area contributed by atoms with Gasteiger partial charge >= 0.3 is 0 Å². The number of hydrogen-bond acceptors (Lipinski definition) is 2. The van der Waals surface area contributed by atoms with Gasteiger partial charge in [0.1, 0.15) is 0 Å². The van der Waals surface area contributed by atoms with Gasteiger partial charge in [0.05, 0.1) is 6.42 Å². The minimum Gasteiger partial charge on any atom is -0.342 e. The summed E-state index contributed by atoms with van der Waals surface area (Å²) in [5.41, 5.74) is 1.20. The number of piperidine rings is 1. The van der Waals surface area contributed by atoms with Crippen molar-refractivity contribution in [1.82, 2.24) is 4.90 Å². The summed E-state index contributed by atoms with van der Waals surface area (Å²) >= 11 is 0. The monoisotopic (exact) mass is 358 g/mol. The lowest BCUT2D eigenvalue weighted by Crippen LogP contribution is -2.42. The first-order valence-electron chi connectivity index (χ1n) is 8.60. The molecule has 0 atom stereocenters. The molecule has 6 heteroatoms. The number of hydrogen-bond donors (Lipinski definition) is 1. The Morgan fingerprint density at radius 1 is 1.00 bits per heavy atom. The summed E-state index contributed by atoms with van der Waals surface area (Å²) < 4.78 is 26.2. The van der Waals surface area contributed by atoms with E-state index < -0.39 is 11.6 Å². The van der Waals surface area contributed by atoms with Crippen LogP contribution in [0.2, 0.25) is 0 Å². The van der Waals surface area contributed by atoms with Crippen LogP contribution < -0.4 is 5.32 Å². The molecule has 1 saturated heterocycles. The summed E-state index contributed by atoms with van der Waals surface area (Å²) in [5, 5.41) is 2.61. The van der Waals surface area contributed by atoms with Gasteiger partial charge in [-0.15, -0.1) is 0 Å². The van der Waals surface area contributed by atoms with Crippen LogP contribution in [0, 0.1) is 17.6 Å². The fourth-order valence-corrected chi connectivity index (χ4v) is 3.09. The Morgan fingerprint density at radius 2 is 1.69 bits per heavy atom. The quantitative estimate of drug-likeness (QED) is 0.911. The maximum Gasteiger partial charge on any atom is 0.227 e. The van der Waals surface area contributed by atoms with Crippen LogP contribution in [0.25, 0.3) is 0 Å². The van der Waals surface area contributed by atoms with E-state index in [0.29, 0.717) is 32.4 Å². The molecule has 0 aliphatic carbocycles. The fourth-order valence-electron chi connectivity index (χ4n) is 3.09. The Labute approximate surface area is 150 Å². The lowest BCUT2D eigenvalue weighted by Gasteiger charge is -2.31. The molecule has 0 spiro atoms. The van der Waals surface area contributed by atoms with Crippen molar-refractivity contribution >= 4 is 17.5 Å². The first-order chi connectivity index (χ1) is 12.5. The Morgan fingerprint density at radius 3 is 2.35 bits per heavy atom. The van der Waals surface area contributed by atoms with Crippen LogP contribution in [0.4, 0.5) is 14.5 Å². The molecule has 0 radical (unpaired) electrons. The van der Waals surface area contributed by atoms with E-state index in [1.165, 1.54) is 6.07 Å². The van der Waals surface area contributed by atoms with Gasteiger partial charge in [0, 0.05) is 30.8 Å². The Kier molecular flexibility index (Phi) is 5.61. The van der Waals surface area contributed by atoms with E-state index in [1.54, 1.807) is 4.90 Å². The first kappa shape index (κ1) is 18.0. The SMILES string of the molecule is O=C(Nc1ccc(F)c(F)c1)C1CCN(C(=O)Cc2ccccc2)CC1. The predicted octanol–water partition coefficient (Wildman–Crippen LogP) is 3.38. The normalized spacial score (nSPS) is 14.9. The van der Waals surface area contributed by atoms with Gasteiger partial charge in [-0.2, -0.15) is 0 Å². The van der Waals surface area contributed by atoms with Crippen molar-refractivity contribution in [2.45, 2.75) is 19.3 Å². The number of carbonyl (C=O) groups is 2. The Hall–Kier alpha value is -2.76. The topological polar surface area (TPSA) is 49.4 Å². The van der Waals surface area contributed by atoms with Gasteiger partial charge in [-0.3, -0.25) is 9.59 Å². The van der Waals surface area contributed by atoms with Gasteiger partial charge in [-0.05, 0) is 30.5 Å². The minimum atomic E-state index is -0.996. The zero-order valence-corrected chi connectivity index (χ0v) is 14.3. The van der Waals surface area contributed by atoms with E-state index in [2.05, 4.69) is 5.32 Å². The molecular formula is C20H20F2N2O2. The molecule has 136 valence electrons. The molecule has 0 bridgehead atoms. The summed E-state index contributed by atoms with van der Waals surface area (Å²) in [6.45, 7) is 1.03. The molecule has 2 aromatic carbocycles. The number of likely N-dealkylation sites (tertiary alicyclic amines) is 1. The summed E-state index contributed by atoms with van der Waals surface area (Å²) in [5.74, 6) is -2.37. The third-order valence-electron chi connectivity index (χ3n) is 4.60. The van der Waals surface area contributed by atoms with Gasteiger partial charge in [-0.1, -0.05) is 30.3 Å². The number of nitrogens with one attached hydrogen (secondary N) is 1. The van der Waals surface area contributed by atoms with E-state index in [4.69, 9.17) is 0 Å². The number of anilines is 1. The second-order valence-corrected chi connectivity index (χ2v) is 6.44. The molecule has 0 aromatic heterocycles. The molecule has 2 amide bonds. The lowest BCUT2D eigenvalue weighted by molar-refractivity contribution is -0.133. The number of rotatable bonds is 4. The lowest BCUT2D eigenvalue weighted by atomic mass is 9.95. The van der Waals surface area contributed by atoms with Crippen LogP contribution in [0.5, 0.6) is 0 Å². The largest absolute Gasteiger partial charge is 0.342 e. The van der Waals surface area contributed by atoms with Crippen molar-refractivity contribution in [3.8, 4) is 0 Å². The maximum absolute atomic E-state index is 13.2. The molecule has 0 saturated carbocycles. The molecule has 1 N–H and O–H groups in total. The number of halogens is 2. The molecule has 4 nitrogen and oxygen atoms in total. The zero-order valence-electron chi connectivity index (χ0n) is 14.3. The smallest absolute Gasteiger partial charge is 0.227 e. The third kappa shape index (κ3) is 4.45. The highest BCUT2D eigenvalue weighted by molar-refractivity contribution is 5.92. The highest BCUT2D eigenvalue weighted by Gasteiger charge is 2.27. The van der Waals surface area contributed by atoms with Crippen LogP contribution >= 0.6 is 0 Å². The average Bonchev–Trinajstić information content (AvgIpc) is 2.65. The second kappa shape index (κ2) is 8.08. The molecule has 1 aliphatic rings. The number of nitrogens with zero attached hydrogens (tertiary/aromatic N) is 1. The van der Waals surface area contributed by atoms with E-state index in [-0.39, 0.29) is 23.4 Å². The van der Waals surface area contributed by atoms with Crippen molar-refractivity contribution in [2.24, 2.45) is 5.92 Å². The summed E-state index contributed by atoms with van der Waals surface area (Å²) in [7, 11) is 0. The second-order valence-electron chi connectivity index (χ2n) is 6.44. The van der Waals surface area contributed by atoms with Crippen molar-refractivity contribution in [3.63, 3.8) is 0 Å². The van der Waals surface area contributed by atoms with Gasteiger partial charge < -0.3 is 10.2 Å². The first-order valence-corrected chi connectivity index (χ1v) is 8.60. The fraction of sp³-hybridized carbons (Fsp3) is 0.300. The molecule has 1 heterocycles. The van der Waals surface area contributed by atoms with E-state index in [0.717, 1.165) is 17.7 Å². The van der Waals surface area contributed by atoms with Crippen LogP contribution in [-0.2, 0) is 16.0 Å². The molecule has 3 rings (SSSR count). The highest BCUT2D eigenvalue weighted by Crippen LogP contribution is 2.21. The molecule has 1 aliphatic heterocycles. The molecular weight excluding hydrogens is 338 g/mol. The number of benzene rings is 2. The summed E-state index contributed by atoms with van der Waals surface area (Å²) in [6, 6.07) is 12.8. The van der Waals surface area contributed by atoms with Gasteiger partial charge in [0.15, 0.2) is 11.6 Å². The van der Waals surface area contributed by atoms with Gasteiger partial charge in [-0.25, -0.2) is 8.78 Å². The van der Waals surface area contributed by atoms with E-state index in [1.807, 2.05) is 30.3 Å². The zero-order chi connectivity index (χ0) is 18.5. The molecule has 2 aromatic rings. The van der Waals surface area contributed by atoms with Crippen molar-refractivity contribution in [3.05, 3.63) is 65.7 Å². The van der Waals surface area contributed by atoms with Crippen LogP contribution in [-0.4, -0.2) is 29.8 Å². The Bertz CT molecular complexity index is 788. The summed E-state index contributed by atoms with van der Waals surface area (Å²) in [6.07, 6.45) is 1.46. The molecule has 1 fully saturated rings. The highest BCUT2D eigenvalue weighted by atomic mass is 19.2. The third-order valence-corrected chi connectivity index (χ3v) is 4.60. The van der Waals surface area contributed by atoms with Crippen LogP contribution in [0.15, 0.2) is 48.5 Å². The standard InChI is InChI=1S/C20H20F2N2O2/c21-17-7-6-16(13-18(17)22)23-20(26)15-8-10-24(11-9-15)19(25)12-14-4-2-1-3-5-14/h1-7,13,15H,8-12H2,(H,23,26). The van der Waals surface area contributed by atoms with Crippen LogP contribution in [0.1, 0.15) is 18.4 Å². The molecule has 26 heavy (non-hydrogen) atoms. The number of carbonyl (C=O) groups excluding carboxylic acids is 2. The number of amides is 2. The maximum atomic E-state index is 13.2. The predicted molar refractivity (Wildman–Crippen MR) is 94.4 cm³/mol. The van der Waals surface area contributed by atoms with Crippen molar-refractivity contribution < 1.29 is 18.4 Å². The van der Waals surface area contributed by atoms with Crippen molar-refractivity contribution in [1.29, 1.82) is 0 Å². The van der Waals surface area contributed by atoms with Gasteiger partial charge in [0.25, 0.3) is 0 Å². The van der Waals surface area contributed by atoms with E-state index in [9.17, 15) is 18.4 Å². The van der Waals surface area contributed by atoms with E-state index >= 15 is 0 Å². The van der Waals surface area contributed by atoms with Crippen molar-refractivity contribution in [2.75, 3.05) is 18.4 Å². The Balaban J connectivity index is 1.50. The van der Waals surface area contributed by atoms with Gasteiger partial charge in [0.2, 0.25) is 11.8 Å². The summed E-state index contributed by atoms with van der Waals surface area (Å²) in [4.78, 5) is 26.4. The average molecular weight is 358 g/mol.